The number of benzene rings is 1. The predicted octanol–water partition coefficient (Wildman–Crippen LogP) is 3.83. The average Bonchev–Trinajstić information content (AvgIpc) is 3.04. The third-order valence-corrected chi connectivity index (χ3v) is 5.05. The fourth-order valence-corrected chi connectivity index (χ4v) is 3.48. The molecule has 3 rings (SSSR count). The Kier molecular flexibility index (Phi) is 6.09. The maximum Gasteiger partial charge on any atom is 0.271 e. The monoisotopic (exact) mass is 408 g/mol. The second-order valence-electron chi connectivity index (χ2n) is 7.42. The fourth-order valence-electron chi connectivity index (χ4n) is 3.48. The van der Waals surface area contributed by atoms with Gasteiger partial charge >= 0.3 is 0 Å². The lowest BCUT2D eigenvalue weighted by Gasteiger charge is -2.15. The number of para-hydroxylation sites is 1. The van der Waals surface area contributed by atoms with Crippen LogP contribution in [0, 0.1) is 25.2 Å². The van der Waals surface area contributed by atoms with Crippen LogP contribution in [-0.4, -0.2) is 28.2 Å². The molecule has 156 valence electrons. The van der Waals surface area contributed by atoms with Crippen molar-refractivity contribution < 1.29 is 19.1 Å². The first kappa shape index (κ1) is 21.3. The molecule has 0 aliphatic heterocycles. The first-order valence-corrected chi connectivity index (χ1v) is 9.78. The summed E-state index contributed by atoms with van der Waals surface area (Å²) in [5, 5.41) is 21.1. The van der Waals surface area contributed by atoms with Gasteiger partial charge in [-0.25, -0.2) is 0 Å². The summed E-state index contributed by atoms with van der Waals surface area (Å²) in [6.07, 6.45) is 0.479. The lowest BCUT2D eigenvalue weighted by atomic mass is 9.98. The van der Waals surface area contributed by atoms with Crippen LogP contribution in [0.4, 0.5) is 0 Å². The number of ether oxygens (including phenoxy) is 1. The number of furan rings is 1. The van der Waals surface area contributed by atoms with Gasteiger partial charge in [0.05, 0.1) is 11.7 Å². The van der Waals surface area contributed by atoms with Gasteiger partial charge in [0.1, 0.15) is 17.2 Å². The molecule has 0 saturated heterocycles. The van der Waals surface area contributed by atoms with Crippen molar-refractivity contribution in [2.75, 3.05) is 6.61 Å². The maximum absolute atomic E-state index is 13.3. The number of ketones is 1. The smallest absolute Gasteiger partial charge is 0.271 e. The minimum Gasteiger partial charge on any atom is -0.494 e. The Bertz CT molecular complexity index is 1210. The summed E-state index contributed by atoms with van der Waals surface area (Å²) in [7, 11) is 0. The second-order valence-corrected chi connectivity index (χ2v) is 7.42. The van der Waals surface area contributed by atoms with Crippen molar-refractivity contribution in [1.29, 1.82) is 5.26 Å². The van der Waals surface area contributed by atoms with Gasteiger partial charge in [0.2, 0.25) is 11.7 Å². The predicted molar refractivity (Wildman–Crippen MR) is 112 cm³/mol. The highest BCUT2D eigenvalue weighted by atomic mass is 16.5. The minimum absolute atomic E-state index is 0.0382. The van der Waals surface area contributed by atoms with Gasteiger partial charge in [-0.1, -0.05) is 18.2 Å². The van der Waals surface area contributed by atoms with Gasteiger partial charge in [-0.2, -0.15) is 5.26 Å². The van der Waals surface area contributed by atoms with Crippen LogP contribution in [0.2, 0.25) is 0 Å². The molecule has 1 N–H and O–H groups in total. The summed E-state index contributed by atoms with van der Waals surface area (Å²) in [5.41, 5.74) is 0.424. The lowest BCUT2D eigenvalue weighted by molar-refractivity contribution is 0.0743. The zero-order valence-corrected chi connectivity index (χ0v) is 17.5. The molecule has 0 aliphatic rings. The molecule has 0 fully saturated rings. The van der Waals surface area contributed by atoms with Crippen LogP contribution in [0.1, 0.15) is 53.1 Å². The summed E-state index contributed by atoms with van der Waals surface area (Å²) >= 11 is 0. The quantitative estimate of drug-likeness (QED) is 0.470. The van der Waals surface area contributed by atoms with Crippen LogP contribution >= 0.6 is 0 Å². The van der Waals surface area contributed by atoms with Crippen molar-refractivity contribution in [3.05, 3.63) is 62.6 Å². The third kappa shape index (κ3) is 3.74. The van der Waals surface area contributed by atoms with E-state index in [2.05, 4.69) is 0 Å². The maximum atomic E-state index is 13.3. The molecule has 7 heteroatoms. The second kappa shape index (κ2) is 8.56. The van der Waals surface area contributed by atoms with Gasteiger partial charge in [-0.3, -0.25) is 14.2 Å². The molecule has 0 atom stereocenters. The normalized spacial score (nSPS) is 11.2. The Morgan fingerprint density at radius 3 is 2.60 bits per heavy atom. The van der Waals surface area contributed by atoms with Crippen LogP contribution in [-0.2, 0) is 11.3 Å². The number of nitrogens with zero attached hydrogens (tertiary/aromatic N) is 2. The zero-order valence-electron chi connectivity index (χ0n) is 17.5. The number of carbonyl (C=O) groups excluding carboxylic acids is 1. The van der Waals surface area contributed by atoms with E-state index in [1.54, 1.807) is 19.1 Å². The Morgan fingerprint density at radius 2 is 1.97 bits per heavy atom. The summed E-state index contributed by atoms with van der Waals surface area (Å²) in [6.45, 7) is 7.54. The van der Waals surface area contributed by atoms with E-state index < -0.39 is 17.2 Å². The van der Waals surface area contributed by atoms with Crippen molar-refractivity contribution in [3.63, 3.8) is 0 Å². The van der Waals surface area contributed by atoms with E-state index in [1.165, 1.54) is 6.92 Å². The molecule has 30 heavy (non-hydrogen) atoms. The fraction of sp³-hybridized carbons (Fsp3) is 0.348. The SMILES string of the molecule is Cc1c(C(=O)c2oc3ccccc3c2C)c(O)n(CCCOC(C)C)c(=O)c1C#N. The standard InChI is InChI=1S/C23H24N2O5/c1-13(2)29-11-7-10-25-22(27)17(12-24)14(3)19(23(25)28)20(26)21-15(4)16-8-5-6-9-18(16)30-21/h5-6,8-9,13,28H,7,10-11H2,1-4H3. The van der Waals surface area contributed by atoms with Crippen molar-refractivity contribution >= 4 is 16.8 Å². The molecule has 7 nitrogen and oxygen atoms in total. The molecule has 0 aliphatic carbocycles. The van der Waals surface area contributed by atoms with Gasteiger partial charge in [-0.05, 0) is 45.7 Å². The largest absolute Gasteiger partial charge is 0.494 e. The van der Waals surface area contributed by atoms with E-state index in [9.17, 15) is 20.0 Å². The van der Waals surface area contributed by atoms with Crippen LogP contribution < -0.4 is 5.56 Å². The summed E-state index contributed by atoms with van der Waals surface area (Å²) in [4.78, 5) is 26.0. The topological polar surface area (TPSA) is 105 Å². The van der Waals surface area contributed by atoms with E-state index in [1.807, 2.05) is 32.0 Å². The first-order valence-electron chi connectivity index (χ1n) is 9.78. The lowest BCUT2D eigenvalue weighted by Crippen LogP contribution is -2.27. The van der Waals surface area contributed by atoms with Crippen LogP contribution in [0.5, 0.6) is 5.88 Å². The highest BCUT2D eigenvalue weighted by Crippen LogP contribution is 2.31. The molecule has 2 heterocycles. The first-order chi connectivity index (χ1) is 14.3. The highest BCUT2D eigenvalue weighted by molar-refractivity contribution is 6.12. The van der Waals surface area contributed by atoms with Crippen molar-refractivity contribution in [3.8, 4) is 11.9 Å². The van der Waals surface area contributed by atoms with E-state index in [0.717, 1.165) is 9.95 Å². The molecule has 0 radical (unpaired) electrons. The van der Waals surface area contributed by atoms with E-state index in [4.69, 9.17) is 9.15 Å². The number of fused-ring (bicyclic) bond motifs is 1. The molecule has 0 saturated carbocycles. The van der Waals surface area contributed by atoms with Crippen LogP contribution in [0.15, 0.2) is 33.5 Å². The Labute approximate surface area is 174 Å². The number of hydrogen-bond acceptors (Lipinski definition) is 6. The summed E-state index contributed by atoms with van der Waals surface area (Å²) in [5.74, 6) is -0.958. The number of aryl methyl sites for hydroxylation is 1. The number of aromatic nitrogens is 1. The molecule has 0 spiro atoms. The van der Waals surface area contributed by atoms with Gasteiger partial charge in [0.15, 0.2) is 5.76 Å². The Balaban J connectivity index is 2.10. The molecule has 0 bridgehead atoms. The van der Waals surface area contributed by atoms with Gasteiger partial charge < -0.3 is 14.3 Å². The molecular formula is C23H24N2O5. The molecule has 1 aromatic carbocycles. The van der Waals surface area contributed by atoms with E-state index in [0.29, 0.717) is 24.2 Å². The van der Waals surface area contributed by atoms with Crippen molar-refractivity contribution in [2.24, 2.45) is 0 Å². The summed E-state index contributed by atoms with van der Waals surface area (Å²) < 4.78 is 12.3. The van der Waals surface area contributed by atoms with Crippen LogP contribution in [0.25, 0.3) is 11.0 Å². The van der Waals surface area contributed by atoms with Crippen molar-refractivity contribution in [2.45, 2.75) is 46.8 Å². The average molecular weight is 408 g/mol. The van der Waals surface area contributed by atoms with Crippen molar-refractivity contribution in [1.82, 2.24) is 4.57 Å². The number of pyridine rings is 1. The van der Waals surface area contributed by atoms with Gasteiger partial charge in [-0.15, -0.1) is 0 Å². The zero-order chi connectivity index (χ0) is 22.0. The molecule has 0 amide bonds. The Morgan fingerprint density at radius 1 is 1.27 bits per heavy atom. The molecule has 3 aromatic rings. The number of rotatable bonds is 7. The number of aromatic hydroxyl groups is 1. The van der Waals surface area contributed by atoms with E-state index in [-0.39, 0.29) is 35.1 Å². The molecule has 2 aromatic heterocycles. The van der Waals surface area contributed by atoms with E-state index >= 15 is 0 Å². The molecular weight excluding hydrogens is 384 g/mol. The third-order valence-electron chi connectivity index (χ3n) is 5.05. The number of nitriles is 1. The molecule has 0 unspecified atom stereocenters. The van der Waals surface area contributed by atoms with Gasteiger partial charge in [0.25, 0.3) is 5.56 Å². The van der Waals surface area contributed by atoms with Crippen LogP contribution in [0.3, 0.4) is 0 Å². The Hall–Kier alpha value is -3.37. The highest BCUT2D eigenvalue weighted by Gasteiger charge is 2.28. The minimum atomic E-state index is -0.630. The number of carbonyl (C=O) groups is 1. The number of hydrogen-bond donors (Lipinski definition) is 1. The summed E-state index contributed by atoms with van der Waals surface area (Å²) in [6, 6.07) is 9.11. The van der Waals surface area contributed by atoms with Gasteiger partial charge in [0, 0.05) is 24.1 Å².